The van der Waals surface area contributed by atoms with Crippen LogP contribution in [0, 0.1) is 0 Å². The standard InChI is InChI=1S/C33H35NO3/c1-22(27-14-9-11-23-10-5-6-12-28(23)27)34-21-26-20-30(29-13-7-8-15-31(29)37-26)24-16-18-25(19-17-24)33(2,3)32(35)36-4/h5-19,22,26,30,34H,20-21H2,1-4H3/t22?,26-,30+/m1/s1. The van der Waals surface area contributed by atoms with Crippen LogP contribution in [0.25, 0.3) is 10.8 Å². The summed E-state index contributed by atoms with van der Waals surface area (Å²) in [5.74, 6) is 0.936. The smallest absolute Gasteiger partial charge is 0.315 e. The average Bonchev–Trinajstić information content (AvgIpc) is 2.94. The highest BCUT2D eigenvalue weighted by atomic mass is 16.5. The van der Waals surface area contributed by atoms with Crippen molar-refractivity contribution in [3.8, 4) is 5.75 Å². The van der Waals surface area contributed by atoms with Crippen LogP contribution >= 0.6 is 0 Å². The van der Waals surface area contributed by atoms with Gasteiger partial charge in [0.15, 0.2) is 0 Å². The minimum atomic E-state index is -0.689. The summed E-state index contributed by atoms with van der Waals surface area (Å²) in [6.07, 6.45) is 0.926. The van der Waals surface area contributed by atoms with Gasteiger partial charge in [0.1, 0.15) is 11.9 Å². The lowest BCUT2D eigenvalue weighted by molar-refractivity contribution is -0.146. The molecule has 0 saturated carbocycles. The Morgan fingerprint density at radius 1 is 0.973 bits per heavy atom. The molecule has 4 aromatic rings. The summed E-state index contributed by atoms with van der Waals surface area (Å²) in [7, 11) is 1.44. The fourth-order valence-electron chi connectivity index (χ4n) is 5.49. The monoisotopic (exact) mass is 493 g/mol. The van der Waals surface area contributed by atoms with E-state index in [1.165, 1.54) is 34.6 Å². The molecule has 0 bridgehead atoms. The first-order chi connectivity index (χ1) is 17.9. The van der Waals surface area contributed by atoms with Crippen LogP contribution in [0.3, 0.4) is 0 Å². The Labute approximate surface area is 219 Å². The maximum Gasteiger partial charge on any atom is 0.315 e. The molecule has 3 atom stereocenters. The van der Waals surface area contributed by atoms with Gasteiger partial charge in [0, 0.05) is 24.1 Å². The predicted octanol–water partition coefficient (Wildman–Crippen LogP) is 6.92. The zero-order valence-electron chi connectivity index (χ0n) is 22.0. The van der Waals surface area contributed by atoms with E-state index in [9.17, 15) is 4.79 Å². The SMILES string of the molecule is COC(=O)C(C)(C)c1ccc([C@@H]2C[C@H](CNC(C)c3cccc4ccccc34)Oc3ccccc32)cc1. The number of para-hydroxylation sites is 1. The van der Waals surface area contributed by atoms with Crippen LogP contribution in [0.5, 0.6) is 5.75 Å². The molecule has 1 N–H and O–H groups in total. The van der Waals surface area contributed by atoms with Crippen molar-refractivity contribution in [2.45, 2.75) is 50.7 Å². The van der Waals surface area contributed by atoms with Crippen LogP contribution in [0.15, 0.2) is 91.0 Å². The minimum absolute atomic E-state index is 0.0449. The second-order valence-electron chi connectivity index (χ2n) is 10.5. The molecular formula is C33H35NO3. The zero-order chi connectivity index (χ0) is 26.0. The van der Waals surface area contributed by atoms with Gasteiger partial charge in [-0.05, 0) is 60.7 Å². The van der Waals surface area contributed by atoms with Crippen LogP contribution < -0.4 is 10.1 Å². The molecule has 0 spiro atoms. The molecule has 0 fully saturated rings. The van der Waals surface area contributed by atoms with Crippen molar-refractivity contribution in [3.05, 3.63) is 113 Å². The third-order valence-corrected chi connectivity index (χ3v) is 7.76. The van der Waals surface area contributed by atoms with E-state index >= 15 is 0 Å². The molecule has 0 aromatic heterocycles. The van der Waals surface area contributed by atoms with Gasteiger partial charge in [0.2, 0.25) is 0 Å². The Kier molecular flexibility index (Phi) is 7.03. The number of nitrogens with one attached hydrogen (secondary N) is 1. The molecule has 4 nitrogen and oxygen atoms in total. The summed E-state index contributed by atoms with van der Waals surface area (Å²) in [4.78, 5) is 12.3. The van der Waals surface area contributed by atoms with E-state index in [4.69, 9.17) is 9.47 Å². The van der Waals surface area contributed by atoms with E-state index in [0.29, 0.717) is 0 Å². The summed E-state index contributed by atoms with van der Waals surface area (Å²) in [6.45, 7) is 6.77. The van der Waals surface area contributed by atoms with Crippen molar-refractivity contribution < 1.29 is 14.3 Å². The van der Waals surface area contributed by atoms with Crippen molar-refractivity contribution in [2.75, 3.05) is 13.7 Å². The van der Waals surface area contributed by atoms with Crippen molar-refractivity contribution >= 4 is 16.7 Å². The van der Waals surface area contributed by atoms with Crippen molar-refractivity contribution in [2.24, 2.45) is 0 Å². The van der Waals surface area contributed by atoms with E-state index in [2.05, 4.69) is 97.2 Å². The second-order valence-corrected chi connectivity index (χ2v) is 10.5. The first-order valence-electron chi connectivity index (χ1n) is 13.0. The van der Waals surface area contributed by atoms with Crippen LogP contribution in [0.1, 0.15) is 61.4 Å². The van der Waals surface area contributed by atoms with Crippen LogP contribution in [0.2, 0.25) is 0 Å². The van der Waals surface area contributed by atoms with Crippen molar-refractivity contribution in [1.82, 2.24) is 5.32 Å². The number of methoxy groups -OCH3 is 1. The molecule has 37 heavy (non-hydrogen) atoms. The molecule has 5 rings (SSSR count). The molecule has 1 aliphatic rings. The normalized spacial score (nSPS) is 18.1. The highest BCUT2D eigenvalue weighted by molar-refractivity contribution is 5.86. The summed E-state index contributed by atoms with van der Waals surface area (Å²) in [6, 6.07) is 32.0. The average molecular weight is 494 g/mol. The Morgan fingerprint density at radius 2 is 1.68 bits per heavy atom. The largest absolute Gasteiger partial charge is 0.489 e. The Morgan fingerprint density at radius 3 is 2.46 bits per heavy atom. The number of rotatable bonds is 7. The lowest BCUT2D eigenvalue weighted by Crippen LogP contribution is -2.37. The van der Waals surface area contributed by atoms with Gasteiger partial charge >= 0.3 is 5.97 Å². The maximum atomic E-state index is 12.3. The Bertz CT molecular complexity index is 1390. The third kappa shape index (κ3) is 4.99. The maximum absolute atomic E-state index is 12.3. The van der Waals surface area contributed by atoms with E-state index in [1.54, 1.807) is 0 Å². The van der Waals surface area contributed by atoms with Gasteiger partial charge in [0.25, 0.3) is 0 Å². The number of fused-ring (bicyclic) bond motifs is 2. The molecule has 1 heterocycles. The summed E-state index contributed by atoms with van der Waals surface area (Å²) >= 11 is 0. The van der Waals surface area contributed by atoms with E-state index < -0.39 is 5.41 Å². The Balaban J connectivity index is 1.35. The van der Waals surface area contributed by atoms with Crippen molar-refractivity contribution in [1.29, 1.82) is 0 Å². The van der Waals surface area contributed by atoms with Gasteiger partial charge in [0.05, 0.1) is 12.5 Å². The highest BCUT2D eigenvalue weighted by Gasteiger charge is 2.33. The predicted molar refractivity (Wildman–Crippen MR) is 149 cm³/mol. The second kappa shape index (κ2) is 10.4. The molecule has 0 saturated heterocycles. The van der Waals surface area contributed by atoms with Gasteiger partial charge < -0.3 is 14.8 Å². The molecule has 0 aliphatic carbocycles. The minimum Gasteiger partial charge on any atom is -0.489 e. The fourth-order valence-corrected chi connectivity index (χ4v) is 5.49. The van der Waals surface area contributed by atoms with E-state index in [-0.39, 0.29) is 24.0 Å². The van der Waals surface area contributed by atoms with Crippen LogP contribution in [-0.4, -0.2) is 25.7 Å². The summed E-state index contributed by atoms with van der Waals surface area (Å²) < 4.78 is 11.5. The molecule has 4 aromatic carbocycles. The van der Waals surface area contributed by atoms with Crippen LogP contribution in [-0.2, 0) is 14.9 Å². The van der Waals surface area contributed by atoms with Gasteiger partial charge in [-0.3, -0.25) is 4.79 Å². The van der Waals surface area contributed by atoms with Gasteiger partial charge in [-0.15, -0.1) is 0 Å². The van der Waals surface area contributed by atoms with Gasteiger partial charge in [-0.25, -0.2) is 0 Å². The van der Waals surface area contributed by atoms with E-state index in [0.717, 1.165) is 24.3 Å². The summed E-state index contributed by atoms with van der Waals surface area (Å²) in [5, 5.41) is 6.28. The number of hydrogen-bond donors (Lipinski definition) is 1. The number of carbonyl (C=O) groups is 1. The number of esters is 1. The molecular weight excluding hydrogens is 458 g/mol. The fraction of sp³-hybridized carbons (Fsp3) is 0.303. The number of hydrogen-bond acceptors (Lipinski definition) is 4. The van der Waals surface area contributed by atoms with Crippen LogP contribution in [0.4, 0.5) is 0 Å². The lowest BCUT2D eigenvalue weighted by atomic mass is 9.80. The summed E-state index contributed by atoms with van der Waals surface area (Å²) in [5.41, 5.74) is 4.00. The zero-order valence-corrected chi connectivity index (χ0v) is 22.0. The van der Waals surface area contributed by atoms with Gasteiger partial charge in [-0.1, -0.05) is 84.9 Å². The quantitative estimate of drug-likeness (QED) is 0.284. The first kappa shape index (κ1) is 25.0. The molecule has 0 amide bonds. The lowest BCUT2D eigenvalue weighted by Gasteiger charge is -2.34. The molecule has 190 valence electrons. The topological polar surface area (TPSA) is 47.6 Å². The van der Waals surface area contributed by atoms with E-state index in [1.807, 2.05) is 19.9 Å². The number of carbonyl (C=O) groups excluding carboxylic acids is 1. The first-order valence-corrected chi connectivity index (χ1v) is 13.0. The highest BCUT2D eigenvalue weighted by Crippen LogP contribution is 2.41. The molecule has 4 heteroatoms. The van der Waals surface area contributed by atoms with Gasteiger partial charge in [-0.2, -0.15) is 0 Å². The van der Waals surface area contributed by atoms with Crippen molar-refractivity contribution in [3.63, 3.8) is 0 Å². The molecule has 0 radical (unpaired) electrons. The number of ether oxygens (including phenoxy) is 2. The number of benzene rings is 4. The Hall–Kier alpha value is -3.63. The molecule has 1 unspecified atom stereocenters. The molecule has 1 aliphatic heterocycles. The third-order valence-electron chi connectivity index (χ3n) is 7.76.